The lowest BCUT2D eigenvalue weighted by Gasteiger charge is -2.26. The molecule has 40 heavy (non-hydrogen) atoms. The van der Waals surface area contributed by atoms with Crippen molar-refractivity contribution in [2.75, 3.05) is 20.6 Å². The Morgan fingerprint density at radius 1 is 0.950 bits per heavy atom. The van der Waals surface area contributed by atoms with Gasteiger partial charge >= 0.3 is 0 Å². The third-order valence-corrected chi connectivity index (χ3v) is 7.42. The predicted octanol–water partition coefficient (Wildman–Crippen LogP) is 5.97. The molecule has 6 heteroatoms. The second-order valence-electron chi connectivity index (χ2n) is 11.8. The smallest absolute Gasteiger partial charge is 0.251 e. The van der Waals surface area contributed by atoms with Crippen LogP contribution >= 0.6 is 0 Å². The molecule has 0 fully saturated rings. The molecule has 0 bridgehead atoms. The van der Waals surface area contributed by atoms with Crippen LogP contribution < -0.4 is 10.9 Å². The van der Waals surface area contributed by atoms with Crippen LogP contribution in [0.5, 0.6) is 0 Å². The fraction of sp³-hybridized carbons (Fsp3) is 0.441. The van der Waals surface area contributed by atoms with E-state index in [0.29, 0.717) is 6.42 Å². The van der Waals surface area contributed by atoms with Crippen LogP contribution in [0.15, 0.2) is 59.5 Å². The van der Waals surface area contributed by atoms with Gasteiger partial charge in [-0.25, -0.2) is 0 Å². The normalized spacial score (nSPS) is 12.9. The van der Waals surface area contributed by atoms with E-state index in [1.807, 2.05) is 59.3 Å². The fourth-order valence-corrected chi connectivity index (χ4v) is 5.32. The molecule has 0 radical (unpaired) electrons. The first-order valence-electron chi connectivity index (χ1n) is 14.2. The molecule has 0 aliphatic carbocycles. The van der Waals surface area contributed by atoms with Gasteiger partial charge in [-0.05, 0) is 106 Å². The third-order valence-electron chi connectivity index (χ3n) is 7.42. The van der Waals surface area contributed by atoms with E-state index >= 15 is 0 Å². The first-order chi connectivity index (χ1) is 18.9. The molecule has 3 aromatic rings. The van der Waals surface area contributed by atoms with Crippen LogP contribution in [0.25, 0.3) is 11.1 Å². The largest absolute Gasteiger partial charge is 0.347 e. The van der Waals surface area contributed by atoms with E-state index in [2.05, 4.69) is 48.3 Å². The Balaban J connectivity index is 2.00. The van der Waals surface area contributed by atoms with Crippen molar-refractivity contribution in [2.45, 2.75) is 72.9 Å². The number of carbonyl (C=O) groups is 2. The lowest BCUT2D eigenvalue weighted by molar-refractivity contribution is -0.126. The number of nitrogens with zero attached hydrogens (tertiary/aromatic N) is 2. The van der Waals surface area contributed by atoms with Gasteiger partial charge in [0.25, 0.3) is 5.56 Å². The molecule has 6 nitrogen and oxygen atoms in total. The standard InChI is InChI=1S/C34H45N3O3/c1-22(2)17-31(37-21-29(15-16-36(7)8)25(5)18-32(37)39)34(40)35-30(19-26(6)38)27-13-10-14-28(20-27)33-23(3)11-9-12-24(33)4/h9-14,18,20-22,30-31H,15-17,19H2,1-8H3,(H,35,40)/t30-,31+/m0/s1. The number of aromatic nitrogens is 1. The molecule has 1 aromatic heterocycles. The molecule has 214 valence electrons. The molecular formula is C34H45N3O3. The van der Waals surface area contributed by atoms with E-state index in [0.717, 1.165) is 40.8 Å². The molecule has 0 spiro atoms. The van der Waals surface area contributed by atoms with Crippen LogP contribution in [0.3, 0.4) is 0 Å². The summed E-state index contributed by atoms with van der Waals surface area (Å²) in [6, 6.07) is 14.7. The van der Waals surface area contributed by atoms with Gasteiger partial charge in [-0.1, -0.05) is 50.2 Å². The summed E-state index contributed by atoms with van der Waals surface area (Å²) in [5, 5.41) is 3.16. The number of ketones is 1. The van der Waals surface area contributed by atoms with E-state index in [9.17, 15) is 14.4 Å². The highest BCUT2D eigenvalue weighted by molar-refractivity contribution is 5.83. The van der Waals surface area contributed by atoms with Crippen LogP contribution in [0.2, 0.25) is 0 Å². The summed E-state index contributed by atoms with van der Waals surface area (Å²) in [5.74, 6) is -0.0728. The van der Waals surface area contributed by atoms with Crippen LogP contribution in [-0.2, 0) is 16.0 Å². The zero-order chi connectivity index (χ0) is 29.6. The van der Waals surface area contributed by atoms with Gasteiger partial charge in [0.15, 0.2) is 0 Å². The monoisotopic (exact) mass is 543 g/mol. The highest BCUT2D eigenvalue weighted by atomic mass is 16.2. The van der Waals surface area contributed by atoms with Crippen molar-refractivity contribution < 1.29 is 9.59 Å². The maximum atomic E-state index is 13.9. The number of Topliss-reactive ketones (excluding diaryl/α,β-unsaturated/α-hetero) is 1. The maximum Gasteiger partial charge on any atom is 0.251 e. The quantitative estimate of drug-likeness (QED) is 0.306. The molecular weight excluding hydrogens is 498 g/mol. The Morgan fingerprint density at radius 2 is 1.60 bits per heavy atom. The molecule has 0 aliphatic rings. The molecule has 1 amide bonds. The Morgan fingerprint density at radius 3 is 2.20 bits per heavy atom. The number of pyridine rings is 1. The lowest BCUT2D eigenvalue weighted by Crippen LogP contribution is -2.40. The number of hydrogen-bond donors (Lipinski definition) is 1. The second-order valence-corrected chi connectivity index (χ2v) is 11.8. The van der Waals surface area contributed by atoms with Crippen LogP contribution in [0.1, 0.15) is 73.5 Å². The van der Waals surface area contributed by atoms with E-state index in [-0.39, 0.29) is 29.6 Å². The molecule has 3 rings (SSSR count). The molecule has 0 saturated heterocycles. The minimum absolute atomic E-state index is 0.0124. The Kier molecular flexibility index (Phi) is 10.6. The molecule has 1 N–H and O–H groups in total. The summed E-state index contributed by atoms with van der Waals surface area (Å²) < 4.78 is 1.59. The number of likely N-dealkylation sites (N-methyl/N-ethyl adjacent to an activating group) is 1. The van der Waals surface area contributed by atoms with Crippen LogP contribution in [-0.4, -0.2) is 41.8 Å². The van der Waals surface area contributed by atoms with Gasteiger partial charge in [0.05, 0.1) is 6.04 Å². The van der Waals surface area contributed by atoms with Crippen LogP contribution in [0.4, 0.5) is 0 Å². The zero-order valence-electron chi connectivity index (χ0n) is 25.4. The van der Waals surface area contributed by atoms with E-state index in [1.165, 1.54) is 11.1 Å². The molecule has 1 heterocycles. The summed E-state index contributed by atoms with van der Waals surface area (Å²) >= 11 is 0. The lowest BCUT2D eigenvalue weighted by atomic mass is 9.92. The average Bonchev–Trinajstić information content (AvgIpc) is 2.86. The van der Waals surface area contributed by atoms with E-state index in [1.54, 1.807) is 17.6 Å². The Labute approximate surface area is 239 Å². The number of rotatable bonds is 12. The summed E-state index contributed by atoms with van der Waals surface area (Å²) in [4.78, 5) is 41.6. The molecule has 2 aromatic carbocycles. The highest BCUT2D eigenvalue weighted by Crippen LogP contribution is 2.30. The van der Waals surface area contributed by atoms with Gasteiger partial charge < -0.3 is 14.8 Å². The molecule has 0 unspecified atom stereocenters. The number of nitrogens with one attached hydrogen (secondary N) is 1. The third kappa shape index (κ3) is 8.01. The number of carbonyl (C=O) groups excluding carboxylic acids is 2. The van der Waals surface area contributed by atoms with Crippen molar-refractivity contribution in [3.05, 3.63) is 92.9 Å². The van der Waals surface area contributed by atoms with Gasteiger partial charge in [0.1, 0.15) is 11.8 Å². The summed E-state index contributed by atoms with van der Waals surface area (Å²) in [6.07, 6.45) is 3.33. The van der Waals surface area contributed by atoms with Gasteiger partial charge in [-0.15, -0.1) is 0 Å². The first-order valence-corrected chi connectivity index (χ1v) is 14.2. The molecule has 0 aliphatic heterocycles. The van der Waals surface area contributed by atoms with E-state index in [4.69, 9.17) is 0 Å². The number of hydrogen-bond acceptors (Lipinski definition) is 4. The first kappa shape index (κ1) is 31.0. The minimum Gasteiger partial charge on any atom is -0.347 e. The Bertz CT molecular complexity index is 1380. The van der Waals surface area contributed by atoms with Crippen LogP contribution in [0, 0.1) is 26.7 Å². The van der Waals surface area contributed by atoms with Crippen molar-refractivity contribution in [1.82, 2.24) is 14.8 Å². The second kappa shape index (κ2) is 13.7. The average molecular weight is 544 g/mol. The molecule has 0 saturated carbocycles. The van der Waals surface area contributed by atoms with Crippen molar-refractivity contribution in [3.8, 4) is 11.1 Å². The summed E-state index contributed by atoms with van der Waals surface area (Å²) in [5.41, 5.74) is 7.22. The van der Waals surface area contributed by atoms with Gasteiger partial charge in [0.2, 0.25) is 5.91 Å². The van der Waals surface area contributed by atoms with Gasteiger partial charge in [-0.2, -0.15) is 0 Å². The number of amides is 1. The minimum atomic E-state index is -0.678. The topological polar surface area (TPSA) is 71.4 Å². The molecule has 2 atom stereocenters. The fourth-order valence-electron chi connectivity index (χ4n) is 5.32. The van der Waals surface area contributed by atoms with Crippen molar-refractivity contribution in [1.29, 1.82) is 0 Å². The Hall–Kier alpha value is -3.51. The van der Waals surface area contributed by atoms with Gasteiger partial charge in [0, 0.05) is 25.2 Å². The highest BCUT2D eigenvalue weighted by Gasteiger charge is 2.27. The SMILES string of the molecule is CC(=O)C[C@H](NC(=O)[C@@H](CC(C)C)n1cc(CCN(C)C)c(C)cc1=O)c1cccc(-c2c(C)cccc2C)c1. The number of aryl methyl sites for hydroxylation is 3. The summed E-state index contributed by atoms with van der Waals surface area (Å²) in [7, 11) is 4.04. The predicted molar refractivity (Wildman–Crippen MR) is 164 cm³/mol. The van der Waals surface area contributed by atoms with Crippen molar-refractivity contribution in [2.24, 2.45) is 5.92 Å². The van der Waals surface area contributed by atoms with Gasteiger partial charge in [-0.3, -0.25) is 14.4 Å². The maximum absolute atomic E-state index is 13.9. The number of benzene rings is 2. The van der Waals surface area contributed by atoms with Crippen molar-refractivity contribution in [3.63, 3.8) is 0 Å². The zero-order valence-corrected chi connectivity index (χ0v) is 25.4. The van der Waals surface area contributed by atoms with Crippen molar-refractivity contribution >= 4 is 11.7 Å². The van der Waals surface area contributed by atoms with E-state index < -0.39 is 12.1 Å². The summed E-state index contributed by atoms with van der Waals surface area (Å²) in [6.45, 7) is 12.6.